The number of aromatic amines is 2. The van der Waals surface area contributed by atoms with Gasteiger partial charge in [-0.05, 0) is 52.7 Å². The van der Waals surface area contributed by atoms with E-state index in [0.29, 0.717) is 0 Å². The highest BCUT2D eigenvalue weighted by Crippen LogP contribution is 2.26. The number of aromatic nitrogens is 2. The Kier molecular flexibility index (Phi) is 3.36. The zero-order valence-electron chi connectivity index (χ0n) is 10.9. The molecule has 1 atom stereocenters. The van der Waals surface area contributed by atoms with Crippen molar-refractivity contribution >= 4 is 32.7 Å². The monoisotopic (exact) mass is 331 g/mol. The van der Waals surface area contributed by atoms with Gasteiger partial charge >= 0.3 is 5.69 Å². The number of H-pyrrole nitrogens is 2. The second-order valence-electron chi connectivity index (χ2n) is 4.73. The molecule has 3 rings (SSSR count). The fourth-order valence-electron chi connectivity index (χ4n) is 2.21. The van der Waals surface area contributed by atoms with E-state index in [0.717, 1.165) is 26.8 Å². The third-order valence-electron chi connectivity index (χ3n) is 3.29. The molecular weight excluding hydrogens is 318 g/mol. The van der Waals surface area contributed by atoms with Gasteiger partial charge in [-0.3, -0.25) is 0 Å². The lowest BCUT2D eigenvalue weighted by Gasteiger charge is -2.16. The molecule has 0 radical (unpaired) electrons. The quantitative estimate of drug-likeness (QED) is 0.683. The van der Waals surface area contributed by atoms with E-state index in [9.17, 15) is 4.79 Å². The highest BCUT2D eigenvalue weighted by atomic mass is 79.9. The Morgan fingerprint density at radius 2 is 1.85 bits per heavy atom. The second-order valence-corrected chi connectivity index (χ2v) is 5.58. The van der Waals surface area contributed by atoms with Crippen LogP contribution in [0.25, 0.3) is 11.0 Å². The summed E-state index contributed by atoms with van der Waals surface area (Å²) in [5.74, 6) is 0. The smallest absolute Gasteiger partial charge is 0.323 e. The molecule has 1 unspecified atom stereocenters. The van der Waals surface area contributed by atoms with Crippen LogP contribution in [-0.4, -0.2) is 9.97 Å². The summed E-state index contributed by atoms with van der Waals surface area (Å²) >= 11 is 3.53. The van der Waals surface area contributed by atoms with Crippen molar-refractivity contribution in [1.29, 1.82) is 0 Å². The first-order valence-electron chi connectivity index (χ1n) is 6.36. The number of hydrogen-bond acceptors (Lipinski definition) is 2. The Morgan fingerprint density at radius 1 is 1.10 bits per heavy atom. The lowest BCUT2D eigenvalue weighted by molar-refractivity contribution is 0.885. The molecule has 3 aromatic rings. The average Bonchev–Trinajstić information content (AvgIpc) is 2.80. The van der Waals surface area contributed by atoms with Crippen LogP contribution in [0.4, 0.5) is 5.69 Å². The minimum Gasteiger partial charge on any atom is -0.378 e. The van der Waals surface area contributed by atoms with E-state index in [-0.39, 0.29) is 11.7 Å². The Labute approximate surface area is 124 Å². The number of imidazole rings is 1. The molecule has 0 saturated carbocycles. The molecule has 3 N–H and O–H groups in total. The summed E-state index contributed by atoms with van der Waals surface area (Å²) in [4.78, 5) is 16.8. The van der Waals surface area contributed by atoms with E-state index in [1.807, 2.05) is 42.5 Å². The summed E-state index contributed by atoms with van der Waals surface area (Å²) in [6.07, 6.45) is 0. The molecule has 2 aromatic carbocycles. The van der Waals surface area contributed by atoms with Crippen LogP contribution in [-0.2, 0) is 0 Å². The maximum absolute atomic E-state index is 11.3. The maximum atomic E-state index is 11.3. The number of rotatable bonds is 3. The topological polar surface area (TPSA) is 60.7 Å². The third-order valence-corrected chi connectivity index (χ3v) is 3.98. The average molecular weight is 332 g/mol. The fourth-order valence-corrected chi connectivity index (χ4v) is 2.61. The van der Waals surface area contributed by atoms with Crippen molar-refractivity contribution in [1.82, 2.24) is 9.97 Å². The number of para-hydroxylation sites is 1. The summed E-state index contributed by atoms with van der Waals surface area (Å²) in [6, 6.07) is 14.1. The van der Waals surface area contributed by atoms with E-state index in [1.165, 1.54) is 0 Å². The number of anilines is 1. The van der Waals surface area contributed by atoms with Crippen molar-refractivity contribution in [3.63, 3.8) is 0 Å². The first-order chi connectivity index (χ1) is 9.63. The van der Waals surface area contributed by atoms with Gasteiger partial charge in [-0.1, -0.05) is 18.2 Å². The van der Waals surface area contributed by atoms with Crippen LogP contribution < -0.4 is 11.0 Å². The van der Waals surface area contributed by atoms with Gasteiger partial charge in [0.15, 0.2) is 0 Å². The van der Waals surface area contributed by atoms with Gasteiger partial charge in [-0.25, -0.2) is 4.79 Å². The molecule has 0 spiro atoms. The molecular formula is C15H14BrN3O. The number of hydrogen-bond donors (Lipinski definition) is 3. The maximum Gasteiger partial charge on any atom is 0.323 e. The van der Waals surface area contributed by atoms with Crippen LogP contribution in [0.2, 0.25) is 0 Å². The Balaban J connectivity index is 1.90. The molecule has 0 aliphatic carbocycles. The van der Waals surface area contributed by atoms with Crippen LogP contribution in [0.5, 0.6) is 0 Å². The molecule has 1 heterocycles. The Hall–Kier alpha value is -2.01. The van der Waals surface area contributed by atoms with Crippen molar-refractivity contribution in [3.05, 3.63) is 63.0 Å². The van der Waals surface area contributed by atoms with Crippen molar-refractivity contribution in [2.24, 2.45) is 0 Å². The lowest BCUT2D eigenvalue weighted by Crippen LogP contribution is -2.06. The lowest BCUT2D eigenvalue weighted by atomic mass is 10.1. The molecule has 0 fully saturated rings. The number of halogens is 1. The van der Waals surface area contributed by atoms with Gasteiger partial charge in [0.05, 0.1) is 11.0 Å². The molecule has 0 aliphatic rings. The molecule has 4 nitrogen and oxygen atoms in total. The van der Waals surface area contributed by atoms with Crippen molar-refractivity contribution in [2.75, 3.05) is 5.32 Å². The zero-order chi connectivity index (χ0) is 14.1. The van der Waals surface area contributed by atoms with Gasteiger partial charge in [-0.2, -0.15) is 0 Å². The Bertz CT molecular complexity index is 806. The first-order valence-corrected chi connectivity index (χ1v) is 7.16. The van der Waals surface area contributed by atoms with Crippen LogP contribution in [0, 0.1) is 0 Å². The SMILES string of the molecule is CC(Nc1ccccc1Br)c1ccc2[nH]c(=O)[nH]c2c1. The highest BCUT2D eigenvalue weighted by molar-refractivity contribution is 9.10. The normalized spacial score (nSPS) is 12.5. The first kappa shape index (κ1) is 13.0. The van der Waals surface area contributed by atoms with Crippen LogP contribution in [0.3, 0.4) is 0 Å². The van der Waals surface area contributed by atoms with E-state index in [4.69, 9.17) is 0 Å². The van der Waals surface area contributed by atoms with E-state index < -0.39 is 0 Å². The van der Waals surface area contributed by atoms with E-state index in [1.54, 1.807) is 0 Å². The molecule has 5 heteroatoms. The molecule has 102 valence electrons. The standard InChI is InChI=1S/C15H14BrN3O/c1-9(17-12-5-3-2-4-11(12)16)10-6-7-13-14(8-10)19-15(20)18-13/h2-9,17H,1H3,(H2,18,19,20). The Morgan fingerprint density at radius 3 is 2.65 bits per heavy atom. The second kappa shape index (κ2) is 5.17. The molecule has 0 bridgehead atoms. The predicted octanol–water partition coefficient (Wildman–Crippen LogP) is 3.79. The molecule has 0 saturated heterocycles. The van der Waals surface area contributed by atoms with Crippen molar-refractivity contribution in [3.8, 4) is 0 Å². The molecule has 1 aromatic heterocycles. The van der Waals surface area contributed by atoms with Crippen LogP contribution >= 0.6 is 15.9 Å². The molecule has 0 aliphatic heterocycles. The van der Waals surface area contributed by atoms with Crippen molar-refractivity contribution < 1.29 is 0 Å². The van der Waals surface area contributed by atoms with E-state index in [2.05, 4.69) is 38.1 Å². The number of fused-ring (bicyclic) bond motifs is 1. The summed E-state index contributed by atoms with van der Waals surface area (Å²) < 4.78 is 1.03. The number of benzene rings is 2. The van der Waals surface area contributed by atoms with Gasteiger partial charge in [-0.15, -0.1) is 0 Å². The van der Waals surface area contributed by atoms with Crippen LogP contribution in [0.1, 0.15) is 18.5 Å². The number of nitrogens with one attached hydrogen (secondary N) is 3. The third kappa shape index (κ3) is 2.49. The van der Waals surface area contributed by atoms with Gasteiger partial charge < -0.3 is 15.3 Å². The minimum atomic E-state index is -0.177. The van der Waals surface area contributed by atoms with Gasteiger partial charge in [0, 0.05) is 16.2 Å². The molecule has 0 amide bonds. The van der Waals surface area contributed by atoms with Gasteiger partial charge in [0.2, 0.25) is 0 Å². The minimum absolute atomic E-state index is 0.136. The summed E-state index contributed by atoms with van der Waals surface area (Å²) in [7, 11) is 0. The van der Waals surface area contributed by atoms with E-state index >= 15 is 0 Å². The van der Waals surface area contributed by atoms with Crippen LogP contribution in [0.15, 0.2) is 51.7 Å². The molecule has 20 heavy (non-hydrogen) atoms. The van der Waals surface area contributed by atoms with Crippen molar-refractivity contribution in [2.45, 2.75) is 13.0 Å². The summed E-state index contributed by atoms with van der Waals surface area (Å²) in [5, 5.41) is 3.45. The summed E-state index contributed by atoms with van der Waals surface area (Å²) in [5.41, 5.74) is 3.63. The highest BCUT2D eigenvalue weighted by Gasteiger charge is 2.08. The fraction of sp³-hybridized carbons (Fsp3) is 0.133. The predicted molar refractivity (Wildman–Crippen MR) is 85.1 cm³/mol. The zero-order valence-corrected chi connectivity index (χ0v) is 12.5. The van der Waals surface area contributed by atoms with Gasteiger partial charge in [0.1, 0.15) is 0 Å². The summed E-state index contributed by atoms with van der Waals surface area (Å²) in [6.45, 7) is 2.09. The van der Waals surface area contributed by atoms with Gasteiger partial charge in [0.25, 0.3) is 0 Å². The largest absolute Gasteiger partial charge is 0.378 e.